The molecule has 0 spiro atoms. The first-order valence-corrected chi connectivity index (χ1v) is 7.30. The Hall–Kier alpha value is -1.39. The van der Waals surface area contributed by atoms with Crippen LogP contribution in [0.5, 0.6) is 0 Å². The first kappa shape index (κ1) is 15.0. The molecular formula is C16H24N2O2. The number of piperidine rings is 1. The van der Waals surface area contributed by atoms with E-state index in [1.165, 1.54) is 5.56 Å². The zero-order valence-electron chi connectivity index (χ0n) is 12.3. The minimum absolute atomic E-state index is 0.0526. The number of nitrogens with zero attached hydrogens (tertiary/aromatic N) is 1. The molecule has 0 bridgehead atoms. The monoisotopic (exact) mass is 276 g/mol. The van der Waals surface area contributed by atoms with Crippen LogP contribution < -0.4 is 5.32 Å². The Kier molecular flexibility index (Phi) is 5.15. The highest BCUT2D eigenvalue weighted by molar-refractivity contribution is 5.93. The van der Waals surface area contributed by atoms with Crippen LogP contribution in [0.25, 0.3) is 0 Å². The van der Waals surface area contributed by atoms with Crippen LogP contribution in [0.1, 0.15) is 35.7 Å². The molecule has 1 heterocycles. The molecular weight excluding hydrogens is 252 g/mol. The summed E-state index contributed by atoms with van der Waals surface area (Å²) < 4.78 is 0. The van der Waals surface area contributed by atoms with E-state index in [0.29, 0.717) is 17.5 Å². The SMILES string of the molecule is CNC(=O)c1ccc(CN2CC(CO)CCC2C)cc1. The van der Waals surface area contributed by atoms with E-state index in [0.717, 1.165) is 25.9 Å². The third kappa shape index (κ3) is 3.58. The van der Waals surface area contributed by atoms with Crippen LogP contribution in [0.3, 0.4) is 0 Å². The Labute approximate surface area is 120 Å². The second-order valence-electron chi connectivity index (χ2n) is 5.68. The van der Waals surface area contributed by atoms with Crippen molar-refractivity contribution in [2.24, 2.45) is 5.92 Å². The van der Waals surface area contributed by atoms with Crippen molar-refractivity contribution >= 4 is 5.91 Å². The molecule has 1 fully saturated rings. The summed E-state index contributed by atoms with van der Waals surface area (Å²) in [5, 5.41) is 11.9. The van der Waals surface area contributed by atoms with Gasteiger partial charge in [-0.05, 0) is 43.4 Å². The fourth-order valence-corrected chi connectivity index (χ4v) is 2.77. The maximum absolute atomic E-state index is 11.5. The standard InChI is InChI=1S/C16H24N2O2/c1-12-3-4-14(11-19)10-18(12)9-13-5-7-15(8-6-13)16(20)17-2/h5-8,12,14,19H,3-4,9-11H2,1-2H3,(H,17,20). The van der Waals surface area contributed by atoms with Gasteiger partial charge in [0.15, 0.2) is 0 Å². The van der Waals surface area contributed by atoms with Crippen molar-refractivity contribution in [3.05, 3.63) is 35.4 Å². The van der Waals surface area contributed by atoms with Gasteiger partial charge in [0, 0.05) is 38.3 Å². The molecule has 0 aliphatic carbocycles. The van der Waals surface area contributed by atoms with Crippen molar-refractivity contribution in [3.63, 3.8) is 0 Å². The van der Waals surface area contributed by atoms with Gasteiger partial charge in [0.1, 0.15) is 0 Å². The highest BCUT2D eigenvalue weighted by Crippen LogP contribution is 2.23. The van der Waals surface area contributed by atoms with Gasteiger partial charge in [0.2, 0.25) is 0 Å². The highest BCUT2D eigenvalue weighted by Gasteiger charge is 2.24. The summed E-state index contributed by atoms with van der Waals surface area (Å²) in [7, 11) is 1.64. The minimum Gasteiger partial charge on any atom is -0.396 e. The number of aliphatic hydroxyl groups excluding tert-OH is 1. The molecule has 2 rings (SSSR count). The van der Waals surface area contributed by atoms with E-state index in [1.807, 2.05) is 24.3 Å². The van der Waals surface area contributed by atoms with E-state index in [2.05, 4.69) is 17.1 Å². The summed E-state index contributed by atoms with van der Waals surface area (Å²) >= 11 is 0. The fourth-order valence-electron chi connectivity index (χ4n) is 2.77. The number of nitrogens with one attached hydrogen (secondary N) is 1. The van der Waals surface area contributed by atoms with Gasteiger partial charge in [-0.25, -0.2) is 0 Å². The molecule has 1 saturated heterocycles. The number of likely N-dealkylation sites (tertiary alicyclic amines) is 1. The van der Waals surface area contributed by atoms with Crippen LogP contribution >= 0.6 is 0 Å². The predicted molar refractivity (Wildman–Crippen MR) is 79.5 cm³/mol. The van der Waals surface area contributed by atoms with Crippen molar-refractivity contribution < 1.29 is 9.90 Å². The molecule has 1 amide bonds. The van der Waals surface area contributed by atoms with E-state index in [4.69, 9.17) is 0 Å². The van der Waals surface area contributed by atoms with Crippen molar-refractivity contribution in [3.8, 4) is 0 Å². The quantitative estimate of drug-likeness (QED) is 0.879. The topological polar surface area (TPSA) is 52.6 Å². The number of carbonyl (C=O) groups excluding carboxylic acids is 1. The summed E-state index contributed by atoms with van der Waals surface area (Å²) in [6.45, 7) is 4.35. The van der Waals surface area contributed by atoms with Crippen LogP contribution in [0.15, 0.2) is 24.3 Å². The minimum atomic E-state index is -0.0526. The van der Waals surface area contributed by atoms with Gasteiger partial charge in [0.05, 0.1) is 0 Å². The summed E-state index contributed by atoms with van der Waals surface area (Å²) in [6, 6.07) is 8.31. The number of aliphatic hydroxyl groups is 1. The van der Waals surface area contributed by atoms with Gasteiger partial charge in [0.25, 0.3) is 5.91 Å². The van der Waals surface area contributed by atoms with Crippen molar-refractivity contribution in [2.45, 2.75) is 32.4 Å². The van der Waals surface area contributed by atoms with Crippen LogP contribution in [0, 0.1) is 5.92 Å². The lowest BCUT2D eigenvalue weighted by Crippen LogP contribution is -2.42. The molecule has 1 aliphatic heterocycles. The number of hydrogen-bond acceptors (Lipinski definition) is 3. The summed E-state index contributed by atoms with van der Waals surface area (Å²) in [5.41, 5.74) is 1.90. The molecule has 4 nitrogen and oxygen atoms in total. The number of carbonyl (C=O) groups is 1. The van der Waals surface area contributed by atoms with Crippen molar-refractivity contribution in [1.82, 2.24) is 10.2 Å². The first-order chi connectivity index (χ1) is 9.63. The molecule has 0 aromatic heterocycles. The lowest BCUT2D eigenvalue weighted by atomic mass is 9.93. The number of hydrogen-bond donors (Lipinski definition) is 2. The second kappa shape index (κ2) is 6.86. The molecule has 2 N–H and O–H groups in total. The van der Waals surface area contributed by atoms with E-state index in [1.54, 1.807) is 7.05 Å². The zero-order chi connectivity index (χ0) is 14.5. The molecule has 0 saturated carbocycles. The molecule has 1 aromatic rings. The smallest absolute Gasteiger partial charge is 0.251 e. The van der Waals surface area contributed by atoms with Gasteiger partial charge < -0.3 is 10.4 Å². The lowest BCUT2D eigenvalue weighted by Gasteiger charge is -2.37. The van der Waals surface area contributed by atoms with Gasteiger partial charge in [-0.2, -0.15) is 0 Å². The average molecular weight is 276 g/mol. The molecule has 4 heteroatoms. The molecule has 20 heavy (non-hydrogen) atoms. The fraction of sp³-hybridized carbons (Fsp3) is 0.562. The predicted octanol–water partition coefficient (Wildman–Crippen LogP) is 1.64. The van der Waals surface area contributed by atoms with Crippen LogP contribution in [0.2, 0.25) is 0 Å². The van der Waals surface area contributed by atoms with Crippen LogP contribution in [0.4, 0.5) is 0 Å². The third-order valence-corrected chi connectivity index (χ3v) is 4.20. The van der Waals surface area contributed by atoms with E-state index in [-0.39, 0.29) is 12.5 Å². The largest absolute Gasteiger partial charge is 0.396 e. The molecule has 0 radical (unpaired) electrons. The lowest BCUT2D eigenvalue weighted by molar-refractivity contribution is 0.0771. The van der Waals surface area contributed by atoms with Crippen molar-refractivity contribution in [1.29, 1.82) is 0 Å². The number of rotatable bonds is 4. The van der Waals surface area contributed by atoms with Crippen LogP contribution in [-0.4, -0.2) is 42.2 Å². The highest BCUT2D eigenvalue weighted by atomic mass is 16.3. The van der Waals surface area contributed by atoms with Crippen molar-refractivity contribution in [2.75, 3.05) is 20.2 Å². The van der Waals surface area contributed by atoms with Crippen LogP contribution in [-0.2, 0) is 6.54 Å². The number of benzene rings is 1. The molecule has 1 aromatic carbocycles. The van der Waals surface area contributed by atoms with E-state index >= 15 is 0 Å². The summed E-state index contributed by atoms with van der Waals surface area (Å²) in [6.07, 6.45) is 2.26. The first-order valence-electron chi connectivity index (χ1n) is 7.30. The Morgan fingerprint density at radius 1 is 1.35 bits per heavy atom. The Morgan fingerprint density at radius 3 is 2.65 bits per heavy atom. The second-order valence-corrected chi connectivity index (χ2v) is 5.68. The van der Waals surface area contributed by atoms with Gasteiger partial charge in [-0.1, -0.05) is 12.1 Å². The molecule has 1 aliphatic rings. The molecule has 2 unspecified atom stereocenters. The zero-order valence-corrected chi connectivity index (χ0v) is 12.3. The normalized spacial score (nSPS) is 23.6. The average Bonchev–Trinajstić information content (AvgIpc) is 2.49. The maximum atomic E-state index is 11.5. The Morgan fingerprint density at radius 2 is 2.05 bits per heavy atom. The van der Waals surface area contributed by atoms with E-state index < -0.39 is 0 Å². The molecule has 2 atom stereocenters. The third-order valence-electron chi connectivity index (χ3n) is 4.20. The summed E-state index contributed by atoms with van der Waals surface area (Å²) in [5.74, 6) is 0.347. The van der Waals surface area contributed by atoms with Gasteiger partial charge in [-0.3, -0.25) is 9.69 Å². The van der Waals surface area contributed by atoms with Gasteiger partial charge >= 0.3 is 0 Å². The Balaban J connectivity index is 2.00. The van der Waals surface area contributed by atoms with Gasteiger partial charge in [-0.15, -0.1) is 0 Å². The van der Waals surface area contributed by atoms with E-state index in [9.17, 15) is 9.90 Å². The number of amides is 1. The Bertz CT molecular complexity index is 444. The molecule has 110 valence electrons. The summed E-state index contributed by atoms with van der Waals surface area (Å²) in [4.78, 5) is 13.9. The maximum Gasteiger partial charge on any atom is 0.251 e.